The lowest BCUT2D eigenvalue weighted by molar-refractivity contribution is -0.131. The van der Waals surface area contributed by atoms with Crippen LogP contribution in [0.25, 0.3) is 0 Å². The van der Waals surface area contributed by atoms with Crippen molar-refractivity contribution in [3.05, 3.63) is 19.3 Å². The average Bonchev–Trinajstić information content (AvgIpc) is 2.26. The number of hydrogen-bond donors (Lipinski definition) is 1. The van der Waals surface area contributed by atoms with Gasteiger partial charge in [-0.25, -0.2) is 4.79 Å². The van der Waals surface area contributed by atoms with Gasteiger partial charge in [0, 0.05) is 0 Å². The Morgan fingerprint density at radius 2 is 1.69 bits per heavy atom. The summed E-state index contributed by atoms with van der Waals surface area (Å²) in [7, 11) is 0. The topological polar surface area (TPSA) is 54.4 Å². The van der Waals surface area contributed by atoms with Crippen molar-refractivity contribution >= 4 is 57.9 Å². The molecule has 0 aromatic carbocycles. The van der Waals surface area contributed by atoms with E-state index in [2.05, 4.69) is 0 Å². The normalized spacial score (nSPS) is 10.1. The highest BCUT2D eigenvalue weighted by Gasteiger charge is 2.25. The summed E-state index contributed by atoms with van der Waals surface area (Å²) < 4.78 is 0.0960. The molecule has 1 aromatic heterocycles. The van der Waals surface area contributed by atoms with E-state index >= 15 is 0 Å². The van der Waals surface area contributed by atoms with Crippen LogP contribution in [0.4, 0.5) is 0 Å². The summed E-state index contributed by atoms with van der Waals surface area (Å²) in [5, 5.41) is 8.28. The molecule has 7 heteroatoms. The van der Waals surface area contributed by atoms with Crippen molar-refractivity contribution in [3.63, 3.8) is 0 Å². The number of carbonyl (C=O) groups is 2. The molecular weight excluding hydrogens is 258 g/mol. The van der Waals surface area contributed by atoms with Crippen LogP contribution in [0.2, 0.25) is 13.7 Å². The minimum absolute atomic E-state index is 0.0117. The number of aliphatic carboxylic acids is 1. The Balaban J connectivity index is 3.29. The first-order valence-electron chi connectivity index (χ1n) is 2.86. The number of rotatable bonds is 2. The van der Waals surface area contributed by atoms with Gasteiger partial charge in [-0.2, -0.15) is 0 Å². The van der Waals surface area contributed by atoms with Crippen molar-refractivity contribution in [1.29, 1.82) is 0 Å². The largest absolute Gasteiger partial charge is 0.475 e. The summed E-state index contributed by atoms with van der Waals surface area (Å²) in [5.74, 6) is -2.77. The van der Waals surface area contributed by atoms with Crippen LogP contribution in [-0.4, -0.2) is 16.9 Å². The number of ketones is 1. The molecule has 13 heavy (non-hydrogen) atoms. The number of thiophene rings is 1. The van der Waals surface area contributed by atoms with Gasteiger partial charge in [-0.3, -0.25) is 4.79 Å². The molecule has 0 saturated heterocycles. The predicted octanol–water partition coefficient (Wildman–Crippen LogP) is 2.98. The number of carboxylic acid groups (broad SMARTS) is 1. The van der Waals surface area contributed by atoms with Crippen molar-refractivity contribution in [2.24, 2.45) is 0 Å². The molecule has 0 atom stereocenters. The summed E-state index contributed by atoms with van der Waals surface area (Å²) in [6, 6.07) is 0. The Labute approximate surface area is 91.8 Å². The molecule has 0 fully saturated rings. The van der Waals surface area contributed by atoms with Crippen LogP contribution in [0.1, 0.15) is 10.4 Å². The van der Waals surface area contributed by atoms with E-state index in [1.165, 1.54) is 0 Å². The van der Waals surface area contributed by atoms with E-state index in [1.807, 2.05) is 0 Å². The van der Waals surface area contributed by atoms with Gasteiger partial charge in [0.2, 0.25) is 0 Å². The van der Waals surface area contributed by atoms with E-state index in [1.54, 1.807) is 0 Å². The third-order valence-electron chi connectivity index (χ3n) is 1.19. The van der Waals surface area contributed by atoms with Crippen LogP contribution < -0.4 is 0 Å². The molecule has 0 spiro atoms. The van der Waals surface area contributed by atoms with E-state index in [0.717, 1.165) is 11.3 Å². The minimum atomic E-state index is -1.61. The molecule has 0 aliphatic carbocycles. The van der Waals surface area contributed by atoms with E-state index in [0.29, 0.717) is 0 Å². The number of Topliss-reactive ketones (excluding diaryl/α,β-unsaturated/α-hetero) is 1. The second kappa shape index (κ2) is 3.84. The maximum atomic E-state index is 11.0. The number of halogens is 3. The summed E-state index contributed by atoms with van der Waals surface area (Å²) in [6.07, 6.45) is 0. The van der Waals surface area contributed by atoms with Gasteiger partial charge in [0.05, 0.1) is 10.6 Å². The van der Waals surface area contributed by atoms with Gasteiger partial charge in [-0.1, -0.05) is 34.8 Å². The van der Waals surface area contributed by atoms with Gasteiger partial charge in [0.25, 0.3) is 5.78 Å². The van der Waals surface area contributed by atoms with Gasteiger partial charge in [0.1, 0.15) is 8.67 Å². The number of carbonyl (C=O) groups excluding carboxylic acids is 1. The Hall–Kier alpha value is -0.290. The van der Waals surface area contributed by atoms with Gasteiger partial charge in [-0.15, -0.1) is 11.3 Å². The Morgan fingerprint density at radius 1 is 1.15 bits per heavy atom. The van der Waals surface area contributed by atoms with Gasteiger partial charge < -0.3 is 5.11 Å². The molecule has 1 rings (SSSR count). The predicted molar refractivity (Wildman–Crippen MR) is 51.3 cm³/mol. The third-order valence-corrected chi connectivity index (χ3v) is 3.38. The molecule has 0 amide bonds. The summed E-state index contributed by atoms with van der Waals surface area (Å²) >= 11 is 17.5. The Morgan fingerprint density at radius 3 is 2.00 bits per heavy atom. The highest BCUT2D eigenvalue weighted by atomic mass is 35.5. The lowest BCUT2D eigenvalue weighted by atomic mass is 10.2. The third kappa shape index (κ3) is 1.96. The first-order chi connectivity index (χ1) is 5.95. The summed E-state index contributed by atoms with van der Waals surface area (Å²) in [6.45, 7) is 0. The maximum absolute atomic E-state index is 11.0. The molecule has 0 aliphatic heterocycles. The standard InChI is InChI=1S/C6HCl3O3S/c7-2-1(3(10)6(11)12)4(8)13-5(2)9/h(H,11,12). The summed E-state index contributed by atoms with van der Waals surface area (Å²) in [4.78, 5) is 21.3. The first-order valence-corrected chi connectivity index (χ1v) is 4.81. The van der Waals surface area contributed by atoms with Gasteiger partial charge in [-0.05, 0) is 0 Å². The van der Waals surface area contributed by atoms with Crippen molar-refractivity contribution in [2.75, 3.05) is 0 Å². The van der Waals surface area contributed by atoms with Crippen LogP contribution in [-0.2, 0) is 4.79 Å². The van der Waals surface area contributed by atoms with Crippen LogP contribution >= 0.6 is 46.1 Å². The fraction of sp³-hybridized carbons (Fsp3) is 0. The van der Waals surface area contributed by atoms with Gasteiger partial charge in [0.15, 0.2) is 0 Å². The molecule has 3 nitrogen and oxygen atoms in total. The van der Waals surface area contributed by atoms with Crippen molar-refractivity contribution in [1.82, 2.24) is 0 Å². The lowest BCUT2D eigenvalue weighted by Gasteiger charge is -1.92. The molecule has 1 heterocycles. The maximum Gasteiger partial charge on any atom is 0.377 e. The Bertz CT molecular complexity index is 385. The van der Waals surface area contributed by atoms with Crippen LogP contribution in [0.15, 0.2) is 0 Å². The SMILES string of the molecule is O=C(O)C(=O)c1c(Cl)sc(Cl)c1Cl. The summed E-state index contributed by atoms with van der Waals surface area (Å²) in [5.41, 5.74) is -0.245. The second-order valence-electron chi connectivity index (χ2n) is 1.97. The highest BCUT2D eigenvalue weighted by Crippen LogP contribution is 2.40. The average molecular weight is 259 g/mol. The molecule has 1 aromatic rings. The minimum Gasteiger partial charge on any atom is -0.475 e. The first kappa shape index (κ1) is 10.8. The zero-order valence-corrected chi connectivity index (χ0v) is 8.89. The molecule has 0 bridgehead atoms. The van der Waals surface area contributed by atoms with Gasteiger partial charge >= 0.3 is 5.97 Å². The molecule has 1 N–H and O–H groups in total. The molecule has 0 saturated carbocycles. The van der Waals surface area contributed by atoms with E-state index in [4.69, 9.17) is 39.9 Å². The van der Waals surface area contributed by atoms with E-state index in [-0.39, 0.29) is 19.3 Å². The number of hydrogen-bond acceptors (Lipinski definition) is 3. The molecule has 0 aliphatic rings. The smallest absolute Gasteiger partial charge is 0.377 e. The number of carboxylic acids is 1. The van der Waals surface area contributed by atoms with Crippen molar-refractivity contribution < 1.29 is 14.7 Å². The highest BCUT2D eigenvalue weighted by molar-refractivity contribution is 7.21. The fourth-order valence-electron chi connectivity index (χ4n) is 0.655. The molecule has 0 radical (unpaired) electrons. The zero-order chi connectivity index (χ0) is 10.2. The lowest BCUT2D eigenvalue weighted by Crippen LogP contribution is -2.12. The molecular formula is C6HCl3O3S. The van der Waals surface area contributed by atoms with Crippen molar-refractivity contribution in [3.8, 4) is 0 Å². The Kier molecular flexibility index (Phi) is 3.18. The van der Waals surface area contributed by atoms with Crippen LogP contribution in [0.3, 0.4) is 0 Å². The zero-order valence-electron chi connectivity index (χ0n) is 5.81. The van der Waals surface area contributed by atoms with Crippen LogP contribution in [0, 0.1) is 0 Å². The quantitative estimate of drug-likeness (QED) is 0.656. The van der Waals surface area contributed by atoms with Crippen LogP contribution in [0.5, 0.6) is 0 Å². The van der Waals surface area contributed by atoms with E-state index in [9.17, 15) is 9.59 Å². The monoisotopic (exact) mass is 258 g/mol. The molecule has 0 unspecified atom stereocenters. The molecule has 70 valence electrons. The van der Waals surface area contributed by atoms with E-state index < -0.39 is 11.8 Å². The fourth-order valence-corrected chi connectivity index (χ4v) is 2.56. The second-order valence-corrected chi connectivity index (χ2v) is 4.58. The van der Waals surface area contributed by atoms with Crippen molar-refractivity contribution in [2.45, 2.75) is 0 Å².